The summed E-state index contributed by atoms with van der Waals surface area (Å²) in [5.41, 5.74) is 7.45. The highest BCUT2D eigenvalue weighted by Gasteiger charge is 2.17. The average Bonchev–Trinajstić information content (AvgIpc) is 2.89. The predicted molar refractivity (Wildman–Crippen MR) is 80.0 cm³/mol. The zero-order valence-electron chi connectivity index (χ0n) is 11.3. The van der Waals surface area contributed by atoms with E-state index in [9.17, 15) is 4.39 Å². The van der Waals surface area contributed by atoms with Crippen LogP contribution in [0.2, 0.25) is 0 Å². The molecule has 2 rings (SSSR count). The van der Waals surface area contributed by atoms with Gasteiger partial charge in [0.05, 0.1) is 12.2 Å². The van der Waals surface area contributed by atoms with Crippen LogP contribution in [0.3, 0.4) is 0 Å². The summed E-state index contributed by atoms with van der Waals surface area (Å²) < 4.78 is 14.2. The van der Waals surface area contributed by atoms with Crippen molar-refractivity contribution in [2.24, 2.45) is 5.73 Å². The molecule has 0 aliphatic carbocycles. The second-order valence-electron chi connectivity index (χ2n) is 4.56. The van der Waals surface area contributed by atoms with Gasteiger partial charge in [-0.2, -0.15) is 0 Å². The van der Waals surface area contributed by atoms with Gasteiger partial charge in [-0.25, -0.2) is 4.39 Å². The van der Waals surface area contributed by atoms with Gasteiger partial charge in [0.1, 0.15) is 5.82 Å². The number of anilines is 1. The average molecular weight is 278 g/mol. The van der Waals surface area contributed by atoms with Gasteiger partial charge in [-0.05, 0) is 36.9 Å². The summed E-state index contributed by atoms with van der Waals surface area (Å²) in [4.78, 5) is 3.26. The van der Waals surface area contributed by atoms with E-state index < -0.39 is 0 Å². The minimum atomic E-state index is -0.201. The first-order valence-electron chi connectivity index (χ1n) is 6.44. The number of nitrogens with zero attached hydrogens (tertiary/aromatic N) is 1. The number of para-hydroxylation sites is 1. The van der Waals surface area contributed by atoms with Gasteiger partial charge in [0.15, 0.2) is 0 Å². The molecule has 2 aromatic rings. The minimum absolute atomic E-state index is 0.178. The van der Waals surface area contributed by atoms with Crippen LogP contribution < -0.4 is 10.6 Å². The van der Waals surface area contributed by atoms with E-state index in [0.29, 0.717) is 5.69 Å². The highest BCUT2D eigenvalue weighted by atomic mass is 32.1. The van der Waals surface area contributed by atoms with Gasteiger partial charge in [-0.3, -0.25) is 0 Å². The van der Waals surface area contributed by atoms with Crippen LogP contribution in [0, 0.1) is 5.82 Å². The molecule has 0 saturated heterocycles. The number of hydrogen-bond acceptors (Lipinski definition) is 3. The van der Waals surface area contributed by atoms with Crippen molar-refractivity contribution in [2.45, 2.75) is 26.4 Å². The fourth-order valence-electron chi connectivity index (χ4n) is 2.17. The molecule has 0 bridgehead atoms. The summed E-state index contributed by atoms with van der Waals surface area (Å²) >= 11 is 1.69. The Bertz CT molecular complexity index is 523. The standard InChI is InChI=1S/C15H19FN2S/c1-3-18(10-12-6-5-9-19-12)15-13(11(2)17)7-4-8-14(15)16/h4-9,11H,3,10,17H2,1-2H3/t11-/m1/s1. The van der Waals surface area contributed by atoms with Gasteiger partial charge in [-0.1, -0.05) is 18.2 Å². The van der Waals surface area contributed by atoms with E-state index in [-0.39, 0.29) is 11.9 Å². The fraction of sp³-hybridized carbons (Fsp3) is 0.333. The Kier molecular flexibility index (Phi) is 4.56. The molecule has 1 heterocycles. The van der Waals surface area contributed by atoms with E-state index >= 15 is 0 Å². The summed E-state index contributed by atoms with van der Waals surface area (Å²) in [5, 5.41) is 2.04. The largest absolute Gasteiger partial charge is 0.364 e. The van der Waals surface area contributed by atoms with Crippen molar-refractivity contribution in [1.82, 2.24) is 0 Å². The third-order valence-corrected chi connectivity index (χ3v) is 3.99. The summed E-state index contributed by atoms with van der Waals surface area (Å²) in [7, 11) is 0. The molecular formula is C15H19FN2S. The van der Waals surface area contributed by atoms with Crippen LogP contribution >= 0.6 is 11.3 Å². The summed E-state index contributed by atoms with van der Waals surface area (Å²) in [5.74, 6) is -0.201. The molecule has 19 heavy (non-hydrogen) atoms. The van der Waals surface area contributed by atoms with Gasteiger partial charge in [0.25, 0.3) is 0 Å². The van der Waals surface area contributed by atoms with E-state index in [4.69, 9.17) is 5.73 Å². The van der Waals surface area contributed by atoms with Gasteiger partial charge >= 0.3 is 0 Å². The predicted octanol–water partition coefficient (Wildman–Crippen LogP) is 3.93. The molecule has 0 saturated carbocycles. The molecule has 0 aliphatic heterocycles. The number of hydrogen-bond donors (Lipinski definition) is 1. The molecule has 102 valence electrons. The monoisotopic (exact) mass is 278 g/mol. The number of benzene rings is 1. The third kappa shape index (κ3) is 3.14. The number of halogens is 1. The van der Waals surface area contributed by atoms with Crippen LogP contribution in [0.5, 0.6) is 0 Å². The van der Waals surface area contributed by atoms with Gasteiger partial charge in [-0.15, -0.1) is 11.3 Å². The molecule has 0 fully saturated rings. The van der Waals surface area contributed by atoms with Crippen molar-refractivity contribution in [2.75, 3.05) is 11.4 Å². The fourth-order valence-corrected chi connectivity index (χ4v) is 2.89. The van der Waals surface area contributed by atoms with Gasteiger partial charge < -0.3 is 10.6 Å². The lowest BCUT2D eigenvalue weighted by Crippen LogP contribution is -2.25. The van der Waals surface area contributed by atoms with Crippen LogP contribution in [0.25, 0.3) is 0 Å². The molecule has 0 spiro atoms. The second-order valence-corrected chi connectivity index (χ2v) is 5.59. The Morgan fingerprint density at radius 1 is 1.32 bits per heavy atom. The molecule has 0 unspecified atom stereocenters. The Labute approximate surface area is 117 Å². The minimum Gasteiger partial charge on any atom is -0.364 e. The second kappa shape index (κ2) is 6.17. The highest BCUT2D eigenvalue weighted by molar-refractivity contribution is 7.09. The molecular weight excluding hydrogens is 259 g/mol. The van der Waals surface area contributed by atoms with E-state index in [2.05, 4.69) is 6.07 Å². The van der Waals surface area contributed by atoms with E-state index in [0.717, 1.165) is 18.7 Å². The van der Waals surface area contributed by atoms with E-state index in [1.807, 2.05) is 36.3 Å². The Morgan fingerprint density at radius 2 is 2.11 bits per heavy atom. The molecule has 2 N–H and O–H groups in total. The van der Waals surface area contributed by atoms with Crippen molar-refractivity contribution < 1.29 is 4.39 Å². The van der Waals surface area contributed by atoms with Crippen LogP contribution in [-0.2, 0) is 6.54 Å². The number of nitrogens with two attached hydrogens (primary N) is 1. The number of thiophene rings is 1. The van der Waals surface area contributed by atoms with Crippen LogP contribution in [0.1, 0.15) is 30.3 Å². The lowest BCUT2D eigenvalue weighted by Gasteiger charge is -2.27. The van der Waals surface area contributed by atoms with Gasteiger partial charge in [0, 0.05) is 17.5 Å². The van der Waals surface area contributed by atoms with E-state index in [1.165, 1.54) is 10.9 Å². The molecule has 0 amide bonds. The molecule has 0 radical (unpaired) electrons. The first-order chi connectivity index (χ1) is 9.13. The van der Waals surface area contributed by atoms with Crippen molar-refractivity contribution in [3.05, 3.63) is 52.0 Å². The zero-order chi connectivity index (χ0) is 13.8. The first-order valence-corrected chi connectivity index (χ1v) is 7.32. The summed E-state index contributed by atoms with van der Waals surface area (Å²) in [6.07, 6.45) is 0. The Balaban J connectivity index is 2.37. The number of rotatable bonds is 5. The van der Waals surface area contributed by atoms with Crippen molar-refractivity contribution in [1.29, 1.82) is 0 Å². The molecule has 1 aromatic carbocycles. The molecule has 0 aliphatic rings. The normalized spacial score (nSPS) is 12.4. The smallest absolute Gasteiger partial charge is 0.146 e. The Hall–Kier alpha value is -1.39. The molecule has 2 nitrogen and oxygen atoms in total. The lowest BCUT2D eigenvalue weighted by molar-refractivity contribution is 0.611. The quantitative estimate of drug-likeness (QED) is 0.897. The Morgan fingerprint density at radius 3 is 2.68 bits per heavy atom. The van der Waals surface area contributed by atoms with E-state index in [1.54, 1.807) is 17.4 Å². The zero-order valence-corrected chi connectivity index (χ0v) is 12.1. The first kappa shape index (κ1) is 14.0. The molecule has 1 atom stereocenters. The molecule has 1 aromatic heterocycles. The topological polar surface area (TPSA) is 29.3 Å². The van der Waals surface area contributed by atoms with Crippen molar-refractivity contribution in [3.63, 3.8) is 0 Å². The SMILES string of the molecule is CCN(Cc1cccs1)c1c(F)cccc1[C@@H](C)N. The van der Waals surface area contributed by atoms with Crippen LogP contribution in [-0.4, -0.2) is 6.54 Å². The molecule has 4 heteroatoms. The maximum absolute atomic E-state index is 14.2. The summed E-state index contributed by atoms with van der Waals surface area (Å²) in [6, 6.07) is 9.03. The lowest BCUT2D eigenvalue weighted by atomic mass is 10.1. The maximum Gasteiger partial charge on any atom is 0.146 e. The van der Waals surface area contributed by atoms with Crippen molar-refractivity contribution >= 4 is 17.0 Å². The third-order valence-electron chi connectivity index (χ3n) is 3.13. The van der Waals surface area contributed by atoms with Crippen LogP contribution in [0.4, 0.5) is 10.1 Å². The van der Waals surface area contributed by atoms with Gasteiger partial charge in [0.2, 0.25) is 0 Å². The maximum atomic E-state index is 14.2. The van der Waals surface area contributed by atoms with Crippen molar-refractivity contribution in [3.8, 4) is 0 Å². The highest BCUT2D eigenvalue weighted by Crippen LogP contribution is 2.30. The summed E-state index contributed by atoms with van der Waals surface area (Å²) in [6.45, 7) is 5.38. The van der Waals surface area contributed by atoms with Crippen LogP contribution in [0.15, 0.2) is 35.7 Å².